The number of carboxylic acid groups (broad SMARTS) is 1. The number of carbonyl (C=O) groups excluding carboxylic acids is 1. The second-order valence-corrected chi connectivity index (χ2v) is 9.55. The molecule has 2 heterocycles. The number of aliphatic imine (C=N–C) groups is 1. The van der Waals surface area contributed by atoms with Crippen LogP contribution in [0.1, 0.15) is 21.5 Å². The van der Waals surface area contributed by atoms with Gasteiger partial charge in [-0.3, -0.25) is 4.79 Å². The Labute approximate surface area is 197 Å². The highest BCUT2D eigenvalue weighted by Crippen LogP contribution is 2.37. The van der Waals surface area contributed by atoms with Gasteiger partial charge in [0.05, 0.1) is 23.4 Å². The van der Waals surface area contributed by atoms with Crippen molar-refractivity contribution in [3.05, 3.63) is 57.9 Å². The number of hydrogen-bond donors (Lipinski definition) is 1. The topological polar surface area (TPSA) is 82.4 Å². The maximum absolute atomic E-state index is 13.8. The molecule has 0 bridgehead atoms. The third-order valence-corrected chi connectivity index (χ3v) is 7.19. The van der Waals surface area contributed by atoms with E-state index >= 15 is 0 Å². The lowest BCUT2D eigenvalue weighted by Gasteiger charge is -2.22. The Morgan fingerprint density at radius 2 is 2.00 bits per heavy atom. The number of likely N-dealkylation sites (N-methyl/N-ethyl adjacent to an activating group) is 1. The lowest BCUT2D eigenvalue weighted by molar-refractivity contribution is -0.119. The number of amides is 1. The summed E-state index contributed by atoms with van der Waals surface area (Å²) in [6, 6.07) is 6.81. The van der Waals surface area contributed by atoms with Crippen molar-refractivity contribution >= 4 is 57.7 Å². The van der Waals surface area contributed by atoms with Crippen LogP contribution in [-0.4, -0.2) is 52.0 Å². The molecule has 0 fully saturated rings. The number of nitrogens with zero attached hydrogens (tertiary/aromatic N) is 3. The van der Waals surface area contributed by atoms with E-state index in [1.54, 1.807) is 7.11 Å². The predicted octanol–water partition coefficient (Wildman–Crippen LogP) is 4.20. The Balaban J connectivity index is 1.56. The minimum Gasteiger partial charge on any atom is -0.497 e. The van der Waals surface area contributed by atoms with Crippen LogP contribution in [-0.2, 0) is 17.9 Å². The molecule has 0 spiro atoms. The predicted molar refractivity (Wildman–Crippen MR) is 122 cm³/mol. The van der Waals surface area contributed by atoms with E-state index in [1.165, 1.54) is 18.8 Å². The van der Waals surface area contributed by atoms with Crippen molar-refractivity contribution in [2.75, 3.05) is 19.1 Å². The van der Waals surface area contributed by atoms with Gasteiger partial charge in [0.15, 0.2) is 11.2 Å². The summed E-state index contributed by atoms with van der Waals surface area (Å²) in [5.74, 6) is -2.02. The van der Waals surface area contributed by atoms with Crippen LogP contribution in [0.2, 0.25) is 5.02 Å². The third-order valence-electron chi connectivity index (χ3n) is 5.34. The first-order chi connectivity index (χ1) is 15.2. The summed E-state index contributed by atoms with van der Waals surface area (Å²) in [6.45, 7) is 1.23. The van der Waals surface area contributed by atoms with Gasteiger partial charge in [-0.15, -0.1) is 11.6 Å². The van der Waals surface area contributed by atoms with Crippen molar-refractivity contribution in [1.29, 1.82) is 0 Å². The van der Waals surface area contributed by atoms with Crippen LogP contribution in [0.4, 0.5) is 10.1 Å². The zero-order valence-electron chi connectivity index (χ0n) is 17.0. The molecule has 4 rings (SSSR count). The van der Waals surface area contributed by atoms with Crippen LogP contribution in [0, 0.1) is 5.82 Å². The number of alkyl halides is 1. The minimum atomic E-state index is -1.38. The largest absolute Gasteiger partial charge is 0.497 e. The van der Waals surface area contributed by atoms with E-state index in [1.807, 2.05) is 23.1 Å². The highest BCUT2D eigenvalue weighted by molar-refractivity contribution is 8.15. The van der Waals surface area contributed by atoms with Crippen LogP contribution >= 0.6 is 35.0 Å². The fourth-order valence-corrected chi connectivity index (χ4v) is 5.15. The summed E-state index contributed by atoms with van der Waals surface area (Å²) in [5.41, 5.74) is 1.83. The average Bonchev–Trinajstić information content (AvgIpc) is 3.36. The molecule has 2 aliphatic heterocycles. The molecule has 1 amide bonds. The number of methoxy groups -OCH3 is 1. The molecular weight excluding hydrogens is 480 g/mol. The molecular formula is C21H18Cl2FN3O4S. The summed E-state index contributed by atoms with van der Waals surface area (Å²) >= 11 is 13.5. The van der Waals surface area contributed by atoms with Crippen LogP contribution < -0.4 is 9.64 Å². The Hall–Kier alpha value is -2.49. The van der Waals surface area contributed by atoms with E-state index in [0.717, 1.165) is 33.9 Å². The molecule has 11 heteroatoms. The lowest BCUT2D eigenvalue weighted by atomic mass is 10.1. The molecule has 2 aromatic rings. The van der Waals surface area contributed by atoms with Gasteiger partial charge in [-0.25, -0.2) is 14.2 Å². The van der Waals surface area contributed by atoms with E-state index in [2.05, 4.69) is 4.99 Å². The zero-order chi connectivity index (χ0) is 23.2. The number of ether oxygens (including phenoxy) is 1. The average molecular weight is 498 g/mol. The highest BCUT2D eigenvalue weighted by Gasteiger charge is 2.39. The van der Waals surface area contributed by atoms with Gasteiger partial charge >= 0.3 is 5.97 Å². The molecule has 2 aliphatic rings. The van der Waals surface area contributed by atoms with Gasteiger partial charge < -0.3 is 19.6 Å². The van der Waals surface area contributed by atoms with Gasteiger partial charge in [0.2, 0.25) is 0 Å². The Bertz CT molecular complexity index is 1150. The number of halogens is 3. The Morgan fingerprint density at radius 1 is 1.28 bits per heavy atom. The van der Waals surface area contributed by atoms with E-state index in [0.29, 0.717) is 18.3 Å². The number of aromatic carboxylic acids is 1. The van der Waals surface area contributed by atoms with E-state index < -0.39 is 28.4 Å². The van der Waals surface area contributed by atoms with E-state index in [9.17, 15) is 19.1 Å². The summed E-state index contributed by atoms with van der Waals surface area (Å²) in [7, 11) is 3.00. The zero-order valence-corrected chi connectivity index (χ0v) is 19.3. The van der Waals surface area contributed by atoms with Crippen molar-refractivity contribution in [1.82, 2.24) is 4.90 Å². The molecule has 0 saturated carbocycles. The number of amidine groups is 1. The first-order valence-corrected chi connectivity index (χ1v) is 11.2. The standard InChI is InChI=1S/C21H18Cl2FN3O4S/c1-26(16-7-14(22)15(24)6-13(16)20(29)30)19(28)17-18(23)32-21(25-17)27-8-10-3-4-12(31-2)5-11(10)9-27/h3-7,17-18H,8-9H2,1-2H3,(H,29,30). The molecule has 32 heavy (non-hydrogen) atoms. The molecule has 168 valence electrons. The molecule has 0 aromatic heterocycles. The van der Waals surface area contributed by atoms with Gasteiger partial charge in [0.25, 0.3) is 5.91 Å². The third kappa shape index (κ3) is 4.12. The van der Waals surface area contributed by atoms with Crippen LogP contribution in [0.25, 0.3) is 0 Å². The van der Waals surface area contributed by atoms with Crippen LogP contribution in [0.3, 0.4) is 0 Å². The number of fused-ring (bicyclic) bond motifs is 1. The van der Waals surface area contributed by atoms with Gasteiger partial charge in [0, 0.05) is 20.1 Å². The van der Waals surface area contributed by atoms with Crippen LogP contribution in [0.5, 0.6) is 5.75 Å². The first kappa shape index (κ1) is 22.7. The molecule has 2 aromatic carbocycles. The number of anilines is 1. The summed E-state index contributed by atoms with van der Waals surface area (Å²) < 4.78 is 18.4. The quantitative estimate of drug-likeness (QED) is 0.637. The Morgan fingerprint density at radius 3 is 2.69 bits per heavy atom. The van der Waals surface area contributed by atoms with Gasteiger partial charge in [-0.1, -0.05) is 29.4 Å². The van der Waals surface area contributed by atoms with Crippen molar-refractivity contribution in [2.24, 2.45) is 4.99 Å². The molecule has 0 radical (unpaired) electrons. The normalized spacial score (nSPS) is 19.5. The van der Waals surface area contributed by atoms with Crippen molar-refractivity contribution < 1.29 is 23.8 Å². The fourth-order valence-electron chi connectivity index (χ4n) is 3.63. The smallest absolute Gasteiger partial charge is 0.337 e. The molecule has 2 atom stereocenters. The monoisotopic (exact) mass is 497 g/mol. The van der Waals surface area contributed by atoms with Gasteiger partial charge in [0.1, 0.15) is 16.3 Å². The van der Waals surface area contributed by atoms with Crippen molar-refractivity contribution in [3.8, 4) is 5.75 Å². The molecule has 7 nitrogen and oxygen atoms in total. The van der Waals surface area contributed by atoms with Gasteiger partial charge in [-0.2, -0.15) is 0 Å². The lowest BCUT2D eigenvalue weighted by Crippen LogP contribution is -2.38. The number of carboxylic acids is 1. The minimum absolute atomic E-state index is 0.0351. The number of carbonyl (C=O) groups is 2. The molecule has 1 N–H and O–H groups in total. The fraction of sp³-hybridized carbons (Fsp3) is 0.286. The van der Waals surface area contributed by atoms with Crippen molar-refractivity contribution in [3.63, 3.8) is 0 Å². The van der Waals surface area contributed by atoms with E-state index in [4.69, 9.17) is 27.9 Å². The van der Waals surface area contributed by atoms with Crippen LogP contribution in [0.15, 0.2) is 35.3 Å². The maximum Gasteiger partial charge on any atom is 0.337 e. The van der Waals surface area contributed by atoms with Gasteiger partial charge in [-0.05, 0) is 35.4 Å². The number of rotatable bonds is 4. The van der Waals surface area contributed by atoms with Crippen molar-refractivity contribution in [2.45, 2.75) is 23.8 Å². The number of hydrogen-bond acceptors (Lipinski definition) is 6. The number of thioether (sulfide) groups is 1. The van der Waals surface area contributed by atoms with E-state index in [-0.39, 0.29) is 16.3 Å². The Kier molecular flexibility index (Phi) is 6.24. The summed E-state index contributed by atoms with van der Waals surface area (Å²) in [6.07, 6.45) is 0. The molecule has 0 saturated heterocycles. The molecule has 2 unspecified atom stereocenters. The summed E-state index contributed by atoms with van der Waals surface area (Å²) in [5, 5.41) is 9.75. The maximum atomic E-state index is 13.8. The number of benzene rings is 2. The second-order valence-electron chi connectivity index (χ2n) is 7.30. The highest BCUT2D eigenvalue weighted by atomic mass is 35.5. The summed E-state index contributed by atoms with van der Waals surface area (Å²) in [4.78, 5) is 32.4. The second kappa shape index (κ2) is 8.80. The molecule has 0 aliphatic carbocycles. The SMILES string of the molecule is COc1ccc2c(c1)CN(C1=NC(C(=O)N(C)c3cc(Cl)c(F)cc3C(=O)O)C(Cl)S1)C2. The first-order valence-electron chi connectivity index (χ1n) is 9.48.